The standard InChI is InChI=1S/C16H22ClN3.ClH/c1-16(2,10-18)11-20(3)9-12-6-7-14(17)13-5-4-8-19-15(12)13;/h4-8H,9-11,18H2,1-3H3;1H. The molecule has 0 amide bonds. The molecule has 2 N–H and O–H groups in total. The van der Waals surface area contributed by atoms with Gasteiger partial charge in [-0.05, 0) is 42.8 Å². The van der Waals surface area contributed by atoms with Gasteiger partial charge in [0.15, 0.2) is 0 Å². The van der Waals surface area contributed by atoms with Crippen molar-refractivity contribution in [3.8, 4) is 0 Å². The third-order valence-electron chi connectivity index (χ3n) is 3.49. The van der Waals surface area contributed by atoms with Gasteiger partial charge in [0.1, 0.15) is 0 Å². The van der Waals surface area contributed by atoms with Gasteiger partial charge in [-0.1, -0.05) is 31.5 Å². The molecule has 1 aromatic carbocycles. The maximum Gasteiger partial charge on any atom is 0.0761 e. The number of hydrogen-bond acceptors (Lipinski definition) is 3. The SMILES string of the molecule is CN(Cc1ccc(Cl)c2cccnc12)CC(C)(C)CN.Cl. The third-order valence-corrected chi connectivity index (χ3v) is 3.82. The maximum atomic E-state index is 6.22. The monoisotopic (exact) mass is 327 g/mol. The summed E-state index contributed by atoms with van der Waals surface area (Å²) in [6, 6.07) is 7.93. The molecule has 0 radical (unpaired) electrons. The quantitative estimate of drug-likeness (QED) is 0.909. The Morgan fingerprint density at radius 1 is 1.29 bits per heavy atom. The zero-order valence-electron chi connectivity index (χ0n) is 12.8. The van der Waals surface area contributed by atoms with Crippen LogP contribution in [0.2, 0.25) is 5.02 Å². The van der Waals surface area contributed by atoms with E-state index in [2.05, 4.69) is 36.8 Å². The molecule has 21 heavy (non-hydrogen) atoms. The van der Waals surface area contributed by atoms with Gasteiger partial charge in [0.2, 0.25) is 0 Å². The highest BCUT2D eigenvalue weighted by molar-refractivity contribution is 6.35. The highest BCUT2D eigenvalue weighted by atomic mass is 35.5. The van der Waals surface area contributed by atoms with Crippen LogP contribution in [0.4, 0.5) is 0 Å². The van der Waals surface area contributed by atoms with Crippen LogP contribution in [-0.2, 0) is 6.54 Å². The largest absolute Gasteiger partial charge is 0.330 e. The second-order valence-corrected chi connectivity index (χ2v) is 6.55. The number of nitrogens with two attached hydrogens (primary N) is 1. The van der Waals surface area contributed by atoms with Gasteiger partial charge in [0.05, 0.1) is 5.52 Å². The van der Waals surface area contributed by atoms with Gasteiger partial charge >= 0.3 is 0 Å². The molecule has 1 aromatic heterocycles. The summed E-state index contributed by atoms with van der Waals surface area (Å²) < 4.78 is 0. The fourth-order valence-corrected chi connectivity index (χ4v) is 2.68. The average molecular weight is 328 g/mol. The summed E-state index contributed by atoms with van der Waals surface area (Å²) in [6.45, 7) is 6.83. The number of halogens is 2. The van der Waals surface area contributed by atoms with Crippen LogP contribution in [0.1, 0.15) is 19.4 Å². The molecule has 2 aromatic rings. The maximum absolute atomic E-state index is 6.22. The second-order valence-electron chi connectivity index (χ2n) is 6.15. The molecule has 0 fully saturated rings. The molecule has 0 bridgehead atoms. The molecule has 0 atom stereocenters. The van der Waals surface area contributed by atoms with Crippen LogP contribution >= 0.6 is 24.0 Å². The number of fused-ring (bicyclic) bond motifs is 1. The van der Waals surface area contributed by atoms with Gasteiger partial charge < -0.3 is 10.6 Å². The van der Waals surface area contributed by atoms with Crippen molar-refractivity contribution in [3.05, 3.63) is 41.0 Å². The number of hydrogen-bond donors (Lipinski definition) is 1. The van der Waals surface area contributed by atoms with Crippen molar-refractivity contribution < 1.29 is 0 Å². The van der Waals surface area contributed by atoms with Crippen LogP contribution in [0.5, 0.6) is 0 Å². The van der Waals surface area contributed by atoms with Crippen LogP contribution in [0.15, 0.2) is 30.5 Å². The molecule has 0 aliphatic carbocycles. The van der Waals surface area contributed by atoms with Crippen LogP contribution < -0.4 is 5.73 Å². The summed E-state index contributed by atoms with van der Waals surface area (Å²) in [5.74, 6) is 0. The van der Waals surface area contributed by atoms with E-state index in [-0.39, 0.29) is 17.8 Å². The summed E-state index contributed by atoms with van der Waals surface area (Å²) in [5, 5.41) is 1.76. The molecular weight excluding hydrogens is 305 g/mol. The first-order valence-corrected chi connectivity index (χ1v) is 7.21. The lowest BCUT2D eigenvalue weighted by molar-refractivity contribution is 0.210. The number of benzene rings is 1. The smallest absolute Gasteiger partial charge is 0.0761 e. The van der Waals surface area contributed by atoms with Crippen molar-refractivity contribution in [1.82, 2.24) is 9.88 Å². The molecule has 0 saturated carbocycles. The minimum atomic E-state index is 0. The first kappa shape index (κ1) is 18.2. The fourth-order valence-electron chi connectivity index (χ4n) is 2.47. The van der Waals surface area contributed by atoms with E-state index in [1.54, 1.807) is 0 Å². The van der Waals surface area contributed by atoms with Gasteiger partial charge in [0.25, 0.3) is 0 Å². The number of pyridine rings is 1. The van der Waals surface area contributed by atoms with E-state index in [0.29, 0.717) is 6.54 Å². The van der Waals surface area contributed by atoms with Crippen molar-refractivity contribution in [2.24, 2.45) is 11.1 Å². The number of nitrogens with zero attached hydrogens (tertiary/aromatic N) is 2. The Hall–Kier alpha value is -0.870. The van der Waals surface area contributed by atoms with E-state index in [1.165, 1.54) is 5.56 Å². The van der Waals surface area contributed by atoms with Gasteiger partial charge in [-0.3, -0.25) is 4.98 Å². The zero-order chi connectivity index (χ0) is 14.8. The Morgan fingerprint density at radius 3 is 2.67 bits per heavy atom. The summed E-state index contributed by atoms with van der Waals surface area (Å²) in [4.78, 5) is 6.76. The van der Waals surface area contributed by atoms with Gasteiger partial charge in [-0.25, -0.2) is 0 Å². The summed E-state index contributed by atoms with van der Waals surface area (Å²) in [5.41, 5.74) is 8.10. The van der Waals surface area contributed by atoms with E-state index in [1.807, 2.05) is 24.4 Å². The van der Waals surface area contributed by atoms with E-state index in [9.17, 15) is 0 Å². The molecule has 5 heteroatoms. The molecule has 2 rings (SSSR count). The highest BCUT2D eigenvalue weighted by Crippen LogP contribution is 2.26. The summed E-state index contributed by atoms with van der Waals surface area (Å²) >= 11 is 6.22. The van der Waals surface area contributed by atoms with Crippen molar-refractivity contribution >= 4 is 34.9 Å². The first-order chi connectivity index (χ1) is 9.43. The summed E-state index contributed by atoms with van der Waals surface area (Å²) in [7, 11) is 2.11. The van der Waals surface area contributed by atoms with E-state index in [4.69, 9.17) is 17.3 Å². The Balaban J connectivity index is 0.00000220. The van der Waals surface area contributed by atoms with Crippen LogP contribution in [-0.4, -0.2) is 30.0 Å². The third kappa shape index (κ3) is 4.55. The van der Waals surface area contributed by atoms with Crippen molar-refractivity contribution in [2.45, 2.75) is 20.4 Å². The Kier molecular flexibility index (Phi) is 6.41. The zero-order valence-corrected chi connectivity index (χ0v) is 14.3. The van der Waals surface area contributed by atoms with Gasteiger partial charge in [-0.15, -0.1) is 12.4 Å². The Labute approximate surface area is 137 Å². The van der Waals surface area contributed by atoms with Gasteiger partial charge in [-0.2, -0.15) is 0 Å². The molecule has 0 spiro atoms. The average Bonchev–Trinajstić information content (AvgIpc) is 2.42. The van der Waals surface area contributed by atoms with Crippen LogP contribution in [0.25, 0.3) is 10.9 Å². The van der Waals surface area contributed by atoms with E-state index in [0.717, 1.165) is 29.0 Å². The fraction of sp³-hybridized carbons (Fsp3) is 0.438. The number of aromatic nitrogens is 1. The second kappa shape index (κ2) is 7.41. The van der Waals surface area contributed by atoms with E-state index < -0.39 is 0 Å². The first-order valence-electron chi connectivity index (χ1n) is 6.84. The lowest BCUT2D eigenvalue weighted by atomic mass is 9.93. The van der Waals surface area contributed by atoms with E-state index >= 15 is 0 Å². The molecule has 1 heterocycles. The minimum absolute atomic E-state index is 0. The lowest BCUT2D eigenvalue weighted by Gasteiger charge is -2.29. The number of rotatable bonds is 5. The predicted molar refractivity (Wildman–Crippen MR) is 93.2 cm³/mol. The normalized spacial score (nSPS) is 11.7. The molecular formula is C16H23Cl2N3. The van der Waals surface area contributed by atoms with Crippen LogP contribution in [0, 0.1) is 5.41 Å². The Morgan fingerprint density at radius 2 is 2.00 bits per heavy atom. The predicted octanol–water partition coefficient (Wildman–Crippen LogP) is 3.73. The molecule has 0 aliphatic heterocycles. The highest BCUT2D eigenvalue weighted by Gasteiger charge is 2.18. The van der Waals surface area contributed by atoms with Crippen molar-refractivity contribution in [1.29, 1.82) is 0 Å². The molecule has 116 valence electrons. The molecule has 0 unspecified atom stereocenters. The van der Waals surface area contributed by atoms with Gasteiger partial charge in [0, 0.05) is 29.7 Å². The molecule has 0 saturated heterocycles. The van der Waals surface area contributed by atoms with Crippen molar-refractivity contribution in [3.63, 3.8) is 0 Å². The lowest BCUT2D eigenvalue weighted by Crippen LogP contribution is -2.36. The molecule has 0 aliphatic rings. The topological polar surface area (TPSA) is 42.2 Å². The summed E-state index contributed by atoms with van der Waals surface area (Å²) in [6.07, 6.45) is 1.81. The van der Waals surface area contributed by atoms with Crippen LogP contribution in [0.3, 0.4) is 0 Å². The Bertz CT molecular complexity index is 599. The van der Waals surface area contributed by atoms with Crippen molar-refractivity contribution in [2.75, 3.05) is 20.1 Å². The minimum Gasteiger partial charge on any atom is -0.330 e. The molecule has 3 nitrogen and oxygen atoms in total.